The van der Waals surface area contributed by atoms with Crippen molar-refractivity contribution in [3.05, 3.63) is 24.0 Å². The van der Waals surface area contributed by atoms with Crippen molar-refractivity contribution >= 4 is 11.4 Å². The number of anilines is 2. The monoisotopic (exact) mass is 210 g/mol. The first-order valence-corrected chi connectivity index (χ1v) is 5.09. The maximum absolute atomic E-state index is 13.0. The number of nitrogen functional groups attached to an aromatic ring is 1. The zero-order valence-corrected chi connectivity index (χ0v) is 8.66. The molecule has 0 saturated carbocycles. The molecule has 2 unspecified atom stereocenters. The first kappa shape index (κ1) is 10.2. The summed E-state index contributed by atoms with van der Waals surface area (Å²) in [6, 6.07) is 4.72. The molecule has 1 fully saturated rings. The van der Waals surface area contributed by atoms with E-state index in [4.69, 9.17) is 10.5 Å². The molecule has 15 heavy (non-hydrogen) atoms. The second-order valence-corrected chi connectivity index (χ2v) is 3.89. The van der Waals surface area contributed by atoms with Gasteiger partial charge in [0.05, 0.1) is 12.1 Å². The van der Waals surface area contributed by atoms with Crippen LogP contribution in [0.3, 0.4) is 0 Å². The van der Waals surface area contributed by atoms with Crippen LogP contribution in [0.1, 0.15) is 13.3 Å². The summed E-state index contributed by atoms with van der Waals surface area (Å²) >= 11 is 0. The molecule has 4 heteroatoms. The van der Waals surface area contributed by atoms with Gasteiger partial charge in [-0.25, -0.2) is 4.39 Å². The van der Waals surface area contributed by atoms with Crippen LogP contribution in [0.2, 0.25) is 0 Å². The van der Waals surface area contributed by atoms with Crippen molar-refractivity contribution in [2.24, 2.45) is 0 Å². The lowest BCUT2D eigenvalue weighted by Crippen LogP contribution is -2.26. The van der Waals surface area contributed by atoms with Crippen LogP contribution in [-0.4, -0.2) is 18.8 Å². The average Bonchev–Trinajstić information content (AvgIpc) is 2.50. The molecule has 1 aliphatic heterocycles. The Bertz CT molecular complexity index is 336. The Balaban J connectivity index is 2.10. The summed E-state index contributed by atoms with van der Waals surface area (Å²) in [5.74, 6) is -0.316. The van der Waals surface area contributed by atoms with Gasteiger partial charge in [-0.3, -0.25) is 0 Å². The number of halogens is 1. The fourth-order valence-corrected chi connectivity index (χ4v) is 1.83. The molecule has 82 valence electrons. The van der Waals surface area contributed by atoms with E-state index in [2.05, 4.69) is 5.32 Å². The lowest BCUT2D eigenvalue weighted by Gasteiger charge is -2.17. The van der Waals surface area contributed by atoms with E-state index in [9.17, 15) is 4.39 Å². The number of hydrogen-bond acceptors (Lipinski definition) is 3. The van der Waals surface area contributed by atoms with Gasteiger partial charge in [-0.1, -0.05) is 0 Å². The third-order valence-corrected chi connectivity index (χ3v) is 2.65. The number of ether oxygens (including phenoxy) is 1. The van der Waals surface area contributed by atoms with Gasteiger partial charge in [0.15, 0.2) is 0 Å². The van der Waals surface area contributed by atoms with Crippen LogP contribution in [0.25, 0.3) is 0 Å². The zero-order chi connectivity index (χ0) is 10.8. The maximum Gasteiger partial charge on any atom is 0.127 e. The van der Waals surface area contributed by atoms with E-state index in [-0.39, 0.29) is 18.0 Å². The molecule has 1 aromatic carbocycles. The van der Waals surface area contributed by atoms with Gasteiger partial charge in [0, 0.05) is 18.0 Å². The SMILES string of the molecule is CC1OCCC1Nc1cc(N)cc(F)c1. The molecule has 2 atom stereocenters. The van der Waals surface area contributed by atoms with Gasteiger partial charge in [0.25, 0.3) is 0 Å². The fraction of sp³-hybridized carbons (Fsp3) is 0.455. The quantitative estimate of drug-likeness (QED) is 0.734. The van der Waals surface area contributed by atoms with Crippen LogP contribution < -0.4 is 11.1 Å². The van der Waals surface area contributed by atoms with Crippen molar-refractivity contribution in [2.45, 2.75) is 25.5 Å². The van der Waals surface area contributed by atoms with Crippen molar-refractivity contribution in [1.82, 2.24) is 0 Å². The van der Waals surface area contributed by atoms with Crippen LogP contribution in [0, 0.1) is 5.82 Å². The molecule has 1 saturated heterocycles. The van der Waals surface area contributed by atoms with E-state index >= 15 is 0 Å². The summed E-state index contributed by atoms with van der Waals surface area (Å²) in [6.07, 6.45) is 1.10. The molecule has 2 rings (SSSR count). The molecule has 0 aliphatic carbocycles. The number of hydrogen-bond donors (Lipinski definition) is 2. The highest BCUT2D eigenvalue weighted by Crippen LogP contribution is 2.21. The second-order valence-electron chi connectivity index (χ2n) is 3.89. The minimum absolute atomic E-state index is 0.162. The number of benzene rings is 1. The molecule has 0 spiro atoms. The predicted octanol–water partition coefficient (Wildman–Crippen LogP) is 2.00. The Morgan fingerprint density at radius 3 is 2.87 bits per heavy atom. The standard InChI is InChI=1S/C11H15FN2O/c1-7-11(2-3-15-7)14-10-5-8(12)4-9(13)6-10/h4-7,11,14H,2-3,13H2,1H3. The summed E-state index contributed by atoms with van der Waals surface area (Å²) in [7, 11) is 0. The van der Waals surface area contributed by atoms with Gasteiger partial charge in [-0.2, -0.15) is 0 Å². The lowest BCUT2D eigenvalue weighted by molar-refractivity contribution is 0.121. The molecule has 3 N–H and O–H groups in total. The highest BCUT2D eigenvalue weighted by molar-refractivity contribution is 5.55. The van der Waals surface area contributed by atoms with Gasteiger partial charge in [-0.15, -0.1) is 0 Å². The largest absolute Gasteiger partial charge is 0.399 e. The van der Waals surface area contributed by atoms with Crippen molar-refractivity contribution in [1.29, 1.82) is 0 Å². The Morgan fingerprint density at radius 1 is 1.47 bits per heavy atom. The van der Waals surface area contributed by atoms with Gasteiger partial charge in [0.1, 0.15) is 5.82 Å². The smallest absolute Gasteiger partial charge is 0.127 e. The minimum Gasteiger partial charge on any atom is -0.399 e. The first-order chi connectivity index (χ1) is 7.15. The molecule has 1 aliphatic rings. The molecule has 1 heterocycles. The van der Waals surface area contributed by atoms with Crippen LogP contribution in [0.15, 0.2) is 18.2 Å². The van der Waals surface area contributed by atoms with E-state index in [0.717, 1.165) is 18.7 Å². The Labute approximate surface area is 88.4 Å². The van der Waals surface area contributed by atoms with Crippen molar-refractivity contribution in [2.75, 3.05) is 17.7 Å². The van der Waals surface area contributed by atoms with Crippen LogP contribution >= 0.6 is 0 Å². The summed E-state index contributed by atoms with van der Waals surface area (Å²) in [4.78, 5) is 0. The van der Waals surface area contributed by atoms with Crippen molar-refractivity contribution < 1.29 is 9.13 Å². The highest BCUT2D eigenvalue weighted by atomic mass is 19.1. The summed E-state index contributed by atoms with van der Waals surface area (Å²) in [5, 5.41) is 3.23. The van der Waals surface area contributed by atoms with Crippen LogP contribution in [0.5, 0.6) is 0 Å². The van der Waals surface area contributed by atoms with Gasteiger partial charge >= 0.3 is 0 Å². The second kappa shape index (κ2) is 4.06. The molecular formula is C11H15FN2O. The fourth-order valence-electron chi connectivity index (χ4n) is 1.83. The van der Waals surface area contributed by atoms with E-state index in [0.29, 0.717) is 5.69 Å². The van der Waals surface area contributed by atoms with E-state index in [1.807, 2.05) is 6.92 Å². The van der Waals surface area contributed by atoms with E-state index in [1.165, 1.54) is 12.1 Å². The molecule has 0 aromatic heterocycles. The third-order valence-electron chi connectivity index (χ3n) is 2.65. The highest BCUT2D eigenvalue weighted by Gasteiger charge is 2.23. The maximum atomic E-state index is 13.0. The van der Waals surface area contributed by atoms with Crippen molar-refractivity contribution in [3.63, 3.8) is 0 Å². The summed E-state index contributed by atoms with van der Waals surface area (Å²) in [5.41, 5.74) is 6.71. The summed E-state index contributed by atoms with van der Waals surface area (Å²) in [6.45, 7) is 2.76. The third kappa shape index (κ3) is 2.39. The minimum atomic E-state index is -0.316. The first-order valence-electron chi connectivity index (χ1n) is 5.09. The molecule has 0 bridgehead atoms. The molecule has 0 radical (unpaired) electrons. The molecule has 1 aromatic rings. The Hall–Kier alpha value is -1.29. The number of nitrogens with one attached hydrogen (secondary N) is 1. The predicted molar refractivity (Wildman–Crippen MR) is 58.3 cm³/mol. The van der Waals surface area contributed by atoms with Crippen LogP contribution in [-0.2, 0) is 4.74 Å². The van der Waals surface area contributed by atoms with E-state index in [1.54, 1.807) is 6.07 Å². The number of nitrogens with two attached hydrogens (primary N) is 1. The topological polar surface area (TPSA) is 47.3 Å². The van der Waals surface area contributed by atoms with Gasteiger partial charge in [0.2, 0.25) is 0 Å². The van der Waals surface area contributed by atoms with Crippen molar-refractivity contribution in [3.8, 4) is 0 Å². The normalized spacial score (nSPS) is 25.5. The summed E-state index contributed by atoms with van der Waals surface area (Å²) < 4.78 is 18.5. The van der Waals surface area contributed by atoms with Gasteiger partial charge in [-0.05, 0) is 31.5 Å². The number of rotatable bonds is 2. The van der Waals surface area contributed by atoms with Gasteiger partial charge < -0.3 is 15.8 Å². The Kier molecular flexibility index (Phi) is 2.77. The Morgan fingerprint density at radius 2 is 2.27 bits per heavy atom. The molecule has 0 amide bonds. The zero-order valence-electron chi connectivity index (χ0n) is 8.66. The molecular weight excluding hydrogens is 195 g/mol. The molecule has 3 nitrogen and oxygen atoms in total. The lowest BCUT2D eigenvalue weighted by atomic mass is 10.1. The van der Waals surface area contributed by atoms with Crippen LogP contribution in [0.4, 0.5) is 15.8 Å². The van der Waals surface area contributed by atoms with E-state index < -0.39 is 0 Å². The average molecular weight is 210 g/mol.